The Balaban J connectivity index is 1.45. The van der Waals surface area contributed by atoms with Gasteiger partial charge in [-0.1, -0.05) is 11.8 Å². The molecule has 0 aliphatic carbocycles. The molecule has 2 atom stereocenters. The average Bonchev–Trinajstić information content (AvgIpc) is 3.36. The molecule has 1 aromatic rings. The second-order valence-corrected chi connectivity index (χ2v) is 8.94. The first kappa shape index (κ1) is 20.5. The number of amides is 1. The molecule has 0 radical (unpaired) electrons. The molecule has 150 valence electrons. The number of methoxy groups -OCH3 is 1. The van der Waals surface area contributed by atoms with Crippen molar-refractivity contribution in [3.63, 3.8) is 0 Å². The number of hydrogen-bond acceptors (Lipinski definition) is 8. The van der Waals surface area contributed by atoms with E-state index >= 15 is 0 Å². The average molecular weight is 415 g/mol. The molecule has 0 aromatic carbocycles. The van der Waals surface area contributed by atoms with Crippen molar-refractivity contribution >= 4 is 35.0 Å². The molecule has 0 saturated carbocycles. The first-order valence-electron chi connectivity index (χ1n) is 9.18. The Bertz CT molecular complexity index is 657. The summed E-state index contributed by atoms with van der Waals surface area (Å²) in [4.78, 5) is 29.2. The van der Waals surface area contributed by atoms with E-state index in [1.807, 2.05) is 4.90 Å². The SMILES string of the molecule is COC[C@@H]1CCCN1NC[C@H]1CCC(=O)N1CCSc1nc(C(=O)O)cs1. The molecule has 2 N–H and O–H groups in total. The van der Waals surface area contributed by atoms with E-state index in [1.165, 1.54) is 23.1 Å². The maximum atomic E-state index is 12.2. The summed E-state index contributed by atoms with van der Waals surface area (Å²) in [7, 11) is 1.73. The Morgan fingerprint density at radius 2 is 2.33 bits per heavy atom. The van der Waals surface area contributed by atoms with Crippen molar-refractivity contribution in [1.82, 2.24) is 20.3 Å². The number of ether oxygens (including phenoxy) is 1. The molecule has 2 saturated heterocycles. The molecule has 8 nitrogen and oxygen atoms in total. The van der Waals surface area contributed by atoms with E-state index in [-0.39, 0.29) is 17.6 Å². The Hall–Kier alpha value is -1.20. The maximum Gasteiger partial charge on any atom is 0.355 e. The first-order valence-corrected chi connectivity index (χ1v) is 11.0. The largest absolute Gasteiger partial charge is 0.476 e. The minimum absolute atomic E-state index is 0.0815. The highest BCUT2D eigenvalue weighted by Crippen LogP contribution is 2.25. The highest BCUT2D eigenvalue weighted by atomic mass is 32.2. The van der Waals surface area contributed by atoms with Crippen LogP contribution in [-0.4, -0.2) is 83.1 Å². The number of thioether (sulfide) groups is 1. The minimum atomic E-state index is -1.01. The summed E-state index contributed by atoms with van der Waals surface area (Å²) in [6, 6.07) is 0.609. The summed E-state index contributed by atoms with van der Waals surface area (Å²) in [6.45, 7) is 3.15. The summed E-state index contributed by atoms with van der Waals surface area (Å²) in [5.74, 6) is -0.0968. The van der Waals surface area contributed by atoms with Crippen LogP contribution in [0.2, 0.25) is 0 Å². The molecule has 3 rings (SSSR count). The van der Waals surface area contributed by atoms with Crippen LogP contribution in [0.15, 0.2) is 9.72 Å². The molecule has 27 heavy (non-hydrogen) atoms. The van der Waals surface area contributed by atoms with E-state index < -0.39 is 5.97 Å². The third kappa shape index (κ3) is 5.41. The summed E-state index contributed by atoms with van der Waals surface area (Å²) < 4.78 is 6.02. The van der Waals surface area contributed by atoms with Crippen LogP contribution < -0.4 is 5.43 Å². The third-order valence-corrected chi connectivity index (χ3v) is 6.98. The van der Waals surface area contributed by atoms with Gasteiger partial charge in [-0.05, 0) is 19.3 Å². The number of carboxylic acid groups (broad SMARTS) is 1. The quantitative estimate of drug-likeness (QED) is 0.557. The number of thiazole rings is 1. The molecule has 10 heteroatoms. The standard InChI is InChI=1S/C17H26N4O4S2/c1-25-10-13-3-2-6-21(13)18-9-12-4-5-15(22)20(12)7-8-26-17-19-14(11-27-17)16(23)24/h11-13,18H,2-10H2,1H3,(H,23,24)/t12-,13+/m1/s1. The maximum absolute atomic E-state index is 12.2. The minimum Gasteiger partial charge on any atom is -0.476 e. The van der Waals surface area contributed by atoms with E-state index in [2.05, 4.69) is 15.4 Å². The van der Waals surface area contributed by atoms with Crippen molar-refractivity contribution < 1.29 is 19.4 Å². The van der Waals surface area contributed by atoms with Crippen molar-refractivity contribution in [2.45, 2.75) is 42.1 Å². The van der Waals surface area contributed by atoms with Crippen molar-refractivity contribution in [3.8, 4) is 0 Å². The predicted octanol–water partition coefficient (Wildman–Crippen LogP) is 1.54. The van der Waals surface area contributed by atoms with Crippen molar-refractivity contribution in [2.24, 2.45) is 0 Å². The summed E-state index contributed by atoms with van der Waals surface area (Å²) in [5, 5.41) is 12.7. The van der Waals surface area contributed by atoms with E-state index in [1.54, 1.807) is 12.5 Å². The van der Waals surface area contributed by atoms with Crippen molar-refractivity contribution in [2.75, 3.05) is 39.1 Å². The number of carboxylic acids is 1. The van der Waals surface area contributed by atoms with Crippen LogP contribution in [0.3, 0.4) is 0 Å². The number of likely N-dealkylation sites (tertiary alicyclic amines) is 1. The fraction of sp³-hybridized carbons (Fsp3) is 0.706. The summed E-state index contributed by atoms with van der Waals surface area (Å²) >= 11 is 2.83. The lowest BCUT2D eigenvalue weighted by Crippen LogP contribution is -2.49. The van der Waals surface area contributed by atoms with Crippen molar-refractivity contribution in [3.05, 3.63) is 11.1 Å². The lowest BCUT2D eigenvalue weighted by atomic mass is 10.2. The molecule has 2 aliphatic rings. The van der Waals surface area contributed by atoms with Gasteiger partial charge >= 0.3 is 5.97 Å². The monoisotopic (exact) mass is 414 g/mol. The third-order valence-electron chi connectivity index (χ3n) is 4.98. The smallest absolute Gasteiger partial charge is 0.355 e. The second-order valence-electron chi connectivity index (χ2n) is 6.74. The summed E-state index contributed by atoms with van der Waals surface area (Å²) in [6.07, 6.45) is 3.77. The zero-order chi connectivity index (χ0) is 19.2. The van der Waals surface area contributed by atoms with Crippen LogP contribution in [0.25, 0.3) is 0 Å². The molecule has 0 bridgehead atoms. The van der Waals surface area contributed by atoms with Crippen LogP contribution in [0.4, 0.5) is 0 Å². The number of aromatic carboxylic acids is 1. The second kappa shape index (κ2) is 9.83. The van der Waals surface area contributed by atoms with Gasteiger partial charge in [0.2, 0.25) is 5.91 Å². The van der Waals surface area contributed by atoms with Crippen molar-refractivity contribution in [1.29, 1.82) is 0 Å². The number of hydrazine groups is 1. The van der Waals surface area contributed by atoms with Gasteiger partial charge in [-0.15, -0.1) is 11.3 Å². The van der Waals surface area contributed by atoms with Gasteiger partial charge in [0.1, 0.15) is 0 Å². The molecule has 1 amide bonds. The highest BCUT2D eigenvalue weighted by Gasteiger charge is 2.32. The molecule has 0 spiro atoms. The molecule has 0 unspecified atom stereocenters. The number of nitrogens with zero attached hydrogens (tertiary/aromatic N) is 3. The fourth-order valence-corrected chi connectivity index (χ4v) is 5.41. The molecule has 1 aromatic heterocycles. The molecule has 3 heterocycles. The Kier molecular flexibility index (Phi) is 7.48. The fourth-order valence-electron chi connectivity index (χ4n) is 3.60. The Morgan fingerprint density at radius 1 is 1.48 bits per heavy atom. The van der Waals surface area contributed by atoms with E-state index in [0.29, 0.717) is 24.8 Å². The first-order chi connectivity index (χ1) is 13.1. The zero-order valence-corrected chi connectivity index (χ0v) is 17.1. The highest BCUT2D eigenvalue weighted by molar-refractivity contribution is 8.01. The molecular weight excluding hydrogens is 388 g/mol. The zero-order valence-electron chi connectivity index (χ0n) is 15.4. The van der Waals surface area contributed by atoms with Gasteiger partial charge in [-0.2, -0.15) is 0 Å². The van der Waals surface area contributed by atoms with Crippen LogP contribution in [-0.2, 0) is 9.53 Å². The van der Waals surface area contributed by atoms with Gasteiger partial charge < -0.3 is 14.7 Å². The predicted molar refractivity (Wildman–Crippen MR) is 104 cm³/mol. The number of nitrogens with one attached hydrogen (secondary N) is 1. The van der Waals surface area contributed by atoms with E-state index in [0.717, 1.165) is 43.3 Å². The summed E-state index contributed by atoms with van der Waals surface area (Å²) in [5.41, 5.74) is 3.59. The molecular formula is C17H26N4O4S2. The van der Waals surface area contributed by atoms with Gasteiger partial charge in [0.05, 0.1) is 6.61 Å². The number of aromatic nitrogens is 1. The van der Waals surface area contributed by atoms with Gasteiger partial charge in [-0.25, -0.2) is 14.8 Å². The van der Waals surface area contributed by atoms with Gasteiger partial charge in [0, 0.05) is 56.4 Å². The lowest BCUT2D eigenvalue weighted by Gasteiger charge is -2.30. The number of carbonyl (C=O) groups is 2. The number of rotatable bonds is 10. The molecule has 2 aliphatic heterocycles. The van der Waals surface area contributed by atoms with Gasteiger partial charge in [-0.3, -0.25) is 10.2 Å². The van der Waals surface area contributed by atoms with Crippen LogP contribution in [0, 0.1) is 0 Å². The Morgan fingerprint density at radius 3 is 3.07 bits per heavy atom. The Labute approximate surface area is 167 Å². The van der Waals surface area contributed by atoms with E-state index in [4.69, 9.17) is 9.84 Å². The molecule has 2 fully saturated rings. The normalized spacial score (nSPS) is 23.4. The van der Waals surface area contributed by atoms with Crippen LogP contribution in [0.5, 0.6) is 0 Å². The number of carbonyl (C=O) groups excluding carboxylic acids is 1. The van der Waals surface area contributed by atoms with Crippen LogP contribution in [0.1, 0.15) is 36.2 Å². The number of hydrogen-bond donors (Lipinski definition) is 2. The topological polar surface area (TPSA) is 95.0 Å². The van der Waals surface area contributed by atoms with Gasteiger partial charge in [0.15, 0.2) is 10.0 Å². The van der Waals surface area contributed by atoms with Gasteiger partial charge in [0.25, 0.3) is 0 Å². The lowest BCUT2D eigenvalue weighted by molar-refractivity contribution is -0.128. The van der Waals surface area contributed by atoms with Crippen LogP contribution >= 0.6 is 23.1 Å². The van der Waals surface area contributed by atoms with E-state index in [9.17, 15) is 9.59 Å².